The molecule has 0 amide bonds. The second-order valence-electron chi connectivity index (χ2n) is 7.72. The summed E-state index contributed by atoms with van der Waals surface area (Å²) in [4.78, 5) is 2.55. The van der Waals surface area contributed by atoms with Crippen LogP contribution in [0.1, 0.15) is 18.4 Å². The van der Waals surface area contributed by atoms with Gasteiger partial charge in [0.05, 0.1) is 13.7 Å². The molecular weight excluding hydrogens is 344 g/mol. The van der Waals surface area contributed by atoms with E-state index in [-0.39, 0.29) is 5.60 Å². The Hall–Kier alpha value is -1.07. The van der Waals surface area contributed by atoms with E-state index >= 15 is 0 Å². The summed E-state index contributed by atoms with van der Waals surface area (Å²) >= 11 is 1.82. The van der Waals surface area contributed by atoms with Gasteiger partial charge in [-0.25, -0.2) is 0 Å². The van der Waals surface area contributed by atoms with Gasteiger partial charge in [-0.2, -0.15) is 0 Å². The average Bonchev–Trinajstić information content (AvgIpc) is 2.62. The van der Waals surface area contributed by atoms with Gasteiger partial charge in [0.25, 0.3) is 0 Å². The number of rotatable bonds is 5. The van der Waals surface area contributed by atoms with Gasteiger partial charge in [-0.1, -0.05) is 60.9 Å². The first kappa shape index (κ1) is 18.7. The van der Waals surface area contributed by atoms with Crippen molar-refractivity contribution < 1.29 is 9.47 Å². The quantitative estimate of drug-likeness (QED) is 0.686. The molecule has 0 saturated carbocycles. The minimum absolute atomic E-state index is 0.198. The predicted octanol–water partition coefficient (Wildman–Crippen LogP) is 5.04. The van der Waals surface area contributed by atoms with Crippen LogP contribution in [0, 0.1) is 0 Å². The van der Waals surface area contributed by atoms with Gasteiger partial charge in [-0.3, -0.25) is 0 Å². The van der Waals surface area contributed by atoms with Gasteiger partial charge in [-0.05, 0) is 29.8 Å². The van der Waals surface area contributed by atoms with Crippen LogP contribution in [-0.4, -0.2) is 28.4 Å². The number of methoxy groups -OCH3 is 1. The van der Waals surface area contributed by atoms with Gasteiger partial charge in [-0.15, -0.1) is 0 Å². The van der Waals surface area contributed by atoms with E-state index in [0.717, 1.165) is 26.1 Å². The lowest BCUT2D eigenvalue weighted by Crippen LogP contribution is -2.37. The summed E-state index contributed by atoms with van der Waals surface area (Å²) < 4.78 is 11.5. The third-order valence-corrected chi connectivity index (χ3v) is 8.07. The number of hydrogen-bond donors (Lipinski definition) is 0. The summed E-state index contributed by atoms with van der Waals surface area (Å²) in [5.74, 6) is 0. The Labute approximate surface area is 156 Å². The van der Waals surface area contributed by atoms with Crippen LogP contribution >= 0.6 is 11.8 Å². The Balaban J connectivity index is 1.80. The predicted molar refractivity (Wildman–Crippen MR) is 109 cm³/mol. The number of ether oxygens (including phenoxy) is 2. The van der Waals surface area contributed by atoms with Crippen molar-refractivity contribution in [2.75, 3.05) is 20.3 Å². The van der Waals surface area contributed by atoms with Crippen molar-refractivity contribution in [1.29, 1.82) is 0 Å². The van der Waals surface area contributed by atoms with E-state index < -0.39 is 8.07 Å². The zero-order valence-electron chi connectivity index (χ0n) is 15.7. The third kappa shape index (κ3) is 4.37. The van der Waals surface area contributed by atoms with Gasteiger partial charge in [0.2, 0.25) is 0 Å². The van der Waals surface area contributed by atoms with Crippen LogP contribution in [0.5, 0.6) is 0 Å². The minimum atomic E-state index is -1.23. The highest BCUT2D eigenvalue weighted by Gasteiger charge is 2.34. The molecule has 0 atom stereocenters. The molecule has 0 bridgehead atoms. The topological polar surface area (TPSA) is 18.5 Å². The zero-order valence-corrected chi connectivity index (χ0v) is 17.5. The van der Waals surface area contributed by atoms with Gasteiger partial charge in [0.15, 0.2) is 0 Å². The highest BCUT2D eigenvalue weighted by atomic mass is 32.2. The van der Waals surface area contributed by atoms with Gasteiger partial charge in [0, 0.05) is 43.0 Å². The molecule has 3 rings (SSSR count). The van der Waals surface area contributed by atoms with Crippen LogP contribution in [-0.2, 0) is 15.1 Å². The van der Waals surface area contributed by atoms with Crippen LogP contribution in [0.2, 0.25) is 19.6 Å². The van der Waals surface area contributed by atoms with E-state index in [1.165, 1.54) is 20.5 Å². The fourth-order valence-corrected chi connectivity index (χ4v) is 5.36. The van der Waals surface area contributed by atoms with E-state index in [2.05, 4.69) is 68.2 Å². The standard InChI is InChI=1S/C21H28O2SSi/c1-22-21(12-14-23-15-13-21)17-6-5-7-19(16-17)24-18-8-10-20(11-9-18)25(2,3)4/h5-11,16H,12-15H2,1-4H3. The van der Waals surface area contributed by atoms with Gasteiger partial charge in [0.1, 0.15) is 0 Å². The molecule has 2 aromatic rings. The van der Waals surface area contributed by atoms with Crippen molar-refractivity contribution >= 4 is 25.0 Å². The maximum Gasteiger partial charge on any atom is 0.0971 e. The molecule has 2 aromatic carbocycles. The molecule has 1 aliphatic heterocycles. The molecule has 25 heavy (non-hydrogen) atoms. The summed E-state index contributed by atoms with van der Waals surface area (Å²) in [6.45, 7) is 8.69. The van der Waals surface area contributed by atoms with Crippen molar-refractivity contribution in [2.24, 2.45) is 0 Å². The molecule has 2 nitrogen and oxygen atoms in total. The molecule has 0 N–H and O–H groups in total. The molecule has 0 aliphatic carbocycles. The van der Waals surface area contributed by atoms with E-state index in [1.807, 2.05) is 18.9 Å². The summed E-state index contributed by atoms with van der Waals surface area (Å²) in [6, 6.07) is 17.9. The summed E-state index contributed by atoms with van der Waals surface area (Å²) in [5.41, 5.74) is 1.07. The molecular formula is C21H28O2SSi. The maximum absolute atomic E-state index is 5.94. The number of hydrogen-bond acceptors (Lipinski definition) is 3. The van der Waals surface area contributed by atoms with Crippen molar-refractivity contribution in [3.8, 4) is 0 Å². The molecule has 134 valence electrons. The lowest BCUT2D eigenvalue weighted by molar-refractivity contribution is -0.0948. The van der Waals surface area contributed by atoms with Crippen molar-refractivity contribution in [3.63, 3.8) is 0 Å². The van der Waals surface area contributed by atoms with Crippen LogP contribution < -0.4 is 5.19 Å². The molecule has 4 heteroatoms. The maximum atomic E-state index is 5.94. The molecule has 1 aliphatic rings. The van der Waals surface area contributed by atoms with Crippen molar-refractivity contribution in [1.82, 2.24) is 0 Å². The molecule has 0 unspecified atom stereocenters. The average molecular weight is 373 g/mol. The van der Waals surface area contributed by atoms with Crippen LogP contribution in [0.15, 0.2) is 58.3 Å². The first-order chi connectivity index (χ1) is 11.9. The van der Waals surface area contributed by atoms with E-state index in [1.54, 1.807) is 0 Å². The number of benzene rings is 2. The first-order valence-corrected chi connectivity index (χ1v) is 13.3. The van der Waals surface area contributed by atoms with Crippen LogP contribution in [0.4, 0.5) is 0 Å². The summed E-state index contributed by atoms with van der Waals surface area (Å²) in [7, 11) is 0.587. The fraction of sp³-hybridized carbons (Fsp3) is 0.429. The Morgan fingerprint density at radius 2 is 1.64 bits per heavy atom. The second kappa shape index (κ2) is 7.66. The molecule has 1 saturated heterocycles. The highest BCUT2D eigenvalue weighted by molar-refractivity contribution is 7.99. The smallest absolute Gasteiger partial charge is 0.0971 e. The third-order valence-electron chi connectivity index (χ3n) is 5.01. The molecule has 0 radical (unpaired) electrons. The Morgan fingerprint density at radius 1 is 0.960 bits per heavy atom. The van der Waals surface area contributed by atoms with Gasteiger partial charge >= 0.3 is 0 Å². The van der Waals surface area contributed by atoms with E-state index in [4.69, 9.17) is 9.47 Å². The fourth-order valence-electron chi connectivity index (χ4n) is 3.31. The monoisotopic (exact) mass is 372 g/mol. The SMILES string of the molecule is COC1(c2cccc(Sc3ccc([Si](C)(C)C)cc3)c2)CCOCC1. The normalized spacial score (nSPS) is 17.4. The molecule has 1 heterocycles. The Bertz CT molecular complexity index is 701. The Morgan fingerprint density at radius 3 is 2.24 bits per heavy atom. The van der Waals surface area contributed by atoms with E-state index in [9.17, 15) is 0 Å². The van der Waals surface area contributed by atoms with Crippen molar-refractivity contribution in [2.45, 2.75) is 47.9 Å². The largest absolute Gasteiger partial charge is 0.381 e. The Kier molecular flexibility index (Phi) is 5.74. The van der Waals surface area contributed by atoms with Crippen LogP contribution in [0.25, 0.3) is 0 Å². The molecule has 0 spiro atoms. The summed E-state index contributed by atoms with van der Waals surface area (Å²) in [6.07, 6.45) is 1.84. The minimum Gasteiger partial charge on any atom is -0.381 e. The molecule has 1 fully saturated rings. The lowest BCUT2D eigenvalue weighted by Gasteiger charge is -2.36. The highest BCUT2D eigenvalue weighted by Crippen LogP contribution is 2.38. The van der Waals surface area contributed by atoms with Crippen molar-refractivity contribution in [3.05, 3.63) is 54.1 Å². The zero-order chi connectivity index (χ0) is 17.9. The van der Waals surface area contributed by atoms with Crippen LogP contribution in [0.3, 0.4) is 0 Å². The van der Waals surface area contributed by atoms with Gasteiger partial charge < -0.3 is 9.47 Å². The summed E-state index contributed by atoms with van der Waals surface area (Å²) in [5, 5.41) is 1.51. The molecule has 0 aromatic heterocycles. The lowest BCUT2D eigenvalue weighted by atomic mass is 9.86. The van der Waals surface area contributed by atoms with E-state index in [0.29, 0.717) is 0 Å². The first-order valence-electron chi connectivity index (χ1n) is 8.95. The second-order valence-corrected chi connectivity index (χ2v) is 13.9.